The lowest BCUT2D eigenvalue weighted by Crippen LogP contribution is -2.02. The number of rotatable bonds is 9. The van der Waals surface area contributed by atoms with Crippen LogP contribution in [0.15, 0.2) is 12.4 Å². The molecule has 0 fully saturated rings. The molecule has 1 rings (SSSR count). The highest BCUT2D eigenvalue weighted by molar-refractivity contribution is 4.92. The number of nitrogens with zero attached hydrogens (tertiary/aromatic N) is 2. The molecule has 0 spiro atoms. The minimum absolute atomic E-state index is 1.11. The monoisotopic (exact) mass is 222 g/mol. The minimum Gasteiger partial charge on any atom is -0.335 e. The lowest BCUT2D eigenvalue weighted by atomic mass is 10.1. The molecule has 0 atom stereocenters. The van der Waals surface area contributed by atoms with Gasteiger partial charge in [0.15, 0.2) is 0 Å². The SMILES string of the molecule is CCCCCCCCn1ccnc1CCC. The third-order valence-corrected chi connectivity index (χ3v) is 3.03. The van der Waals surface area contributed by atoms with Crippen LogP contribution >= 0.6 is 0 Å². The first-order valence-corrected chi connectivity index (χ1v) is 6.88. The van der Waals surface area contributed by atoms with Crippen LogP contribution in [0.25, 0.3) is 0 Å². The van der Waals surface area contributed by atoms with Crippen LogP contribution in [-0.2, 0) is 13.0 Å². The van der Waals surface area contributed by atoms with Crippen molar-refractivity contribution >= 4 is 0 Å². The van der Waals surface area contributed by atoms with Gasteiger partial charge in [0.1, 0.15) is 5.82 Å². The van der Waals surface area contributed by atoms with Gasteiger partial charge < -0.3 is 4.57 Å². The smallest absolute Gasteiger partial charge is 0.108 e. The summed E-state index contributed by atoms with van der Waals surface area (Å²) in [5.74, 6) is 1.26. The molecular weight excluding hydrogens is 196 g/mol. The van der Waals surface area contributed by atoms with E-state index in [4.69, 9.17) is 0 Å². The van der Waals surface area contributed by atoms with E-state index < -0.39 is 0 Å². The Morgan fingerprint density at radius 1 is 1.00 bits per heavy atom. The predicted octanol–water partition coefficient (Wildman–Crippen LogP) is 4.20. The second-order valence-corrected chi connectivity index (χ2v) is 4.55. The Kier molecular flexibility index (Phi) is 6.95. The summed E-state index contributed by atoms with van der Waals surface area (Å²) in [6, 6.07) is 0. The van der Waals surface area contributed by atoms with Crippen molar-refractivity contribution in [3.05, 3.63) is 18.2 Å². The fraction of sp³-hybridized carbons (Fsp3) is 0.786. The first-order chi connectivity index (χ1) is 7.88. The molecule has 0 aromatic carbocycles. The maximum Gasteiger partial charge on any atom is 0.108 e. The van der Waals surface area contributed by atoms with Gasteiger partial charge in [-0.05, 0) is 12.8 Å². The fourth-order valence-corrected chi connectivity index (χ4v) is 2.06. The molecular formula is C14H26N2. The zero-order valence-electron chi connectivity index (χ0n) is 10.9. The van der Waals surface area contributed by atoms with E-state index in [1.54, 1.807) is 0 Å². The van der Waals surface area contributed by atoms with Gasteiger partial charge in [-0.25, -0.2) is 4.98 Å². The number of aryl methyl sites for hydroxylation is 2. The molecule has 0 amide bonds. The van der Waals surface area contributed by atoms with Crippen molar-refractivity contribution in [2.75, 3.05) is 0 Å². The summed E-state index contributed by atoms with van der Waals surface area (Å²) in [5, 5.41) is 0. The van der Waals surface area contributed by atoms with Gasteiger partial charge in [0.2, 0.25) is 0 Å². The summed E-state index contributed by atoms with van der Waals surface area (Å²) in [6.45, 7) is 5.63. The van der Waals surface area contributed by atoms with Gasteiger partial charge in [0, 0.05) is 25.4 Å². The highest BCUT2D eigenvalue weighted by Crippen LogP contribution is 2.08. The topological polar surface area (TPSA) is 17.8 Å². The van der Waals surface area contributed by atoms with Crippen molar-refractivity contribution in [3.8, 4) is 0 Å². The Morgan fingerprint density at radius 2 is 1.75 bits per heavy atom. The van der Waals surface area contributed by atoms with Crippen LogP contribution in [-0.4, -0.2) is 9.55 Å². The van der Waals surface area contributed by atoms with E-state index >= 15 is 0 Å². The van der Waals surface area contributed by atoms with E-state index in [0.29, 0.717) is 0 Å². The van der Waals surface area contributed by atoms with E-state index in [1.165, 1.54) is 50.8 Å². The van der Waals surface area contributed by atoms with Crippen LogP contribution in [0.2, 0.25) is 0 Å². The molecule has 1 aromatic heterocycles. The third-order valence-electron chi connectivity index (χ3n) is 3.03. The van der Waals surface area contributed by atoms with Gasteiger partial charge in [-0.3, -0.25) is 0 Å². The molecule has 0 saturated heterocycles. The maximum absolute atomic E-state index is 4.40. The molecule has 0 radical (unpaired) electrons. The first kappa shape index (κ1) is 13.3. The highest BCUT2D eigenvalue weighted by Gasteiger charge is 2.00. The molecule has 2 nitrogen and oxygen atoms in total. The van der Waals surface area contributed by atoms with Crippen LogP contribution in [0, 0.1) is 0 Å². The van der Waals surface area contributed by atoms with Crippen molar-refractivity contribution in [2.45, 2.75) is 71.8 Å². The Hall–Kier alpha value is -0.790. The van der Waals surface area contributed by atoms with E-state index in [2.05, 4.69) is 29.6 Å². The molecule has 0 aliphatic rings. The van der Waals surface area contributed by atoms with Crippen molar-refractivity contribution in [1.29, 1.82) is 0 Å². The number of hydrogen-bond acceptors (Lipinski definition) is 1. The van der Waals surface area contributed by atoms with Crippen molar-refractivity contribution in [2.24, 2.45) is 0 Å². The van der Waals surface area contributed by atoms with Crippen molar-refractivity contribution < 1.29 is 0 Å². The number of hydrogen-bond donors (Lipinski definition) is 0. The lowest BCUT2D eigenvalue weighted by molar-refractivity contribution is 0.544. The molecule has 0 N–H and O–H groups in total. The zero-order chi connectivity index (χ0) is 11.6. The zero-order valence-corrected chi connectivity index (χ0v) is 10.9. The minimum atomic E-state index is 1.11. The molecule has 0 saturated carbocycles. The second-order valence-electron chi connectivity index (χ2n) is 4.55. The number of imidazole rings is 1. The van der Waals surface area contributed by atoms with Crippen molar-refractivity contribution in [1.82, 2.24) is 9.55 Å². The fourth-order valence-electron chi connectivity index (χ4n) is 2.06. The van der Waals surface area contributed by atoms with Gasteiger partial charge in [-0.1, -0.05) is 46.0 Å². The molecule has 2 heteroatoms. The Morgan fingerprint density at radius 3 is 2.50 bits per heavy atom. The summed E-state index contributed by atoms with van der Waals surface area (Å²) in [5.41, 5.74) is 0. The Bertz CT molecular complexity index is 265. The molecule has 16 heavy (non-hydrogen) atoms. The van der Waals surface area contributed by atoms with Crippen molar-refractivity contribution in [3.63, 3.8) is 0 Å². The highest BCUT2D eigenvalue weighted by atomic mass is 15.1. The second kappa shape index (κ2) is 8.37. The third kappa shape index (κ3) is 4.82. The van der Waals surface area contributed by atoms with Gasteiger partial charge in [-0.2, -0.15) is 0 Å². The molecule has 0 aliphatic heterocycles. The van der Waals surface area contributed by atoms with Gasteiger partial charge in [-0.15, -0.1) is 0 Å². The van der Waals surface area contributed by atoms with Crippen LogP contribution < -0.4 is 0 Å². The van der Waals surface area contributed by atoms with Crippen LogP contribution in [0.1, 0.15) is 64.6 Å². The van der Waals surface area contributed by atoms with Gasteiger partial charge in [0.05, 0.1) is 0 Å². The lowest BCUT2D eigenvalue weighted by Gasteiger charge is -2.06. The summed E-state index contributed by atoms with van der Waals surface area (Å²) < 4.78 is 2.32. The first-order valence-electron chi connectivity index (χ1n) is 6.88. The van der Waals surface area contributed by atoms with Crippen LogP contribution in [0.3, 0.4) is 0 Å². The normalized spacial score (nSPS) is 10.9. The van der Waals surface area contributed by atoms with E-state index in [-0.39, 0.29) is 0 Å². The molecule has 92 valence electrons. The van der Waals surface area contributed by atoms with E-state index in [0.717, 1.165) is 13.0 Å². The largest absolute Gasteiger partial charge is 0.335 e. The Balaban J connectivity index is 2.13. The van der Waals surface area contributed by atoms with Gasteiger partial charge in [0.25, 0.3) is 0 Å². The average molecular weight is 222 g/mol. The van der Waals surface area contributed by atoms with E-state index in [1.807, 2.05) is 6.20 Å². The summed E-state index contributed by atoms with van der Waals surface area (Å²) in [6.07, 6.45) is 14.6. The molecule has 0 aliphatic carbocycles. The molecule has 1 heterocycles. The maximum atomic E-state index is 4.40. The number of aromatic nitrogens is 2. The van der Waals surface area contributed by atoms with Crippen LogP contribution in [0.4, 0.5) is 0 Å². The van der Waals surface area contributed by atoms with Crippen LogP contribution in [0.5, 0.6) is 0 Å². The number of unbranched alkanes of at least 4 members (excludes halogenated alkanes) is 5. The average Bonchev–Trinajstić information content (AvgIpc) is 2.72. The molecule has 0 bridgehead atoms. The summed E-state index contributed by atoms with van der Waals surface area (Å²) in [4.78, 5) is 4.40. The quantitative estimate of drug-likeness (QED) is 0.573. The summed E-state index contributed by atoms with van der Waals surface area (Å²) >= 11 is 0. The predicted molar refractivity (Wildman–Crippen MR) is 69.6 cm³/mol. The van der Waals surface area contributed by atoms with E-state index in [9.17, 15) is 0 Å². The van der Waals surface area contributed by atoms with Gasteiger partial charge >= 0.3 is 0 Å². The Labute approximate surface area is 100 Å². The standard InChI is InChI=1S/C14H26N2/c1-3-5-6-7-8-9-12-16-13-11-15-14(16)10-4-2/h11,13H,3-10,12H2,1-2H3. The summed E-state index contributed by atoms with van der Waals surface area (Å²) in [7, 11) is 0. The molecule has 1 aromatic rings. The molecule has 0 unspecified atom stereocenters.